The first-order valence-electron chi connectivity index (χ1n) is 8.49. The van der Waals surface area contributed by atoms with Crippen molar-refractivity contribution >= 4 is 5.96 Å². The summed E-state index contributed by atoms with van der Waals surface area (Å²) in [6.07, 6.45) is 0.618. The Bertz CT molecular complexity index is 680. The Balaban J connectivity index is 1.77. The highest BCUT2D eigenvalue weighted by Gasteiger charge is 2.02. The second-order valence-corrected chi connectivity index (χ2v) is 6.25. The van der Waals surface area contributed by atoms with Crippen LogP contribution in [0.5, 0.6) is 0 Å². The lowest BCUT2D eigenvalue weighted by Gasteiger charge is -2.13. The van der Waals surface area contributed by atoms with E-state index in [1.54, 1.807) is 13.1 Å². The van der Waals surface area contributed by atoms with Crippen LogP contribution in [-0.4, -0.2) is 38.5 Å². The average Bonchev–Trinajstić information content (AvgIpc) is 2.60. The zero-order chi connectivity index (χ0) is 18.1. The molecule has 0 aromatic heterocycles. The minimum atomic E-state index is -0.162. The largest absolute Gasteiger partial charge is 0.356 e. The lowest BCUT2D eigenvalue weighted by atomic mass is 10.1. The van der Waals surface area contributed by atoms with Crippen molar-refractivity contribution in [3.05, 3.63) is 71.0 Å². The molecule has 0 unspecified atom stereocenters. The molecule has 5 heteroatoms. The molecule has 0 amide bonds. The van der Waals surface area contributed by atoms with Crippen molar-refractivity contribution in [3.8, 4) is 0 Å². The zero-order valence-electron chi connectivity index (χ0n) is 15.2. The molecule has 25 heavy (non-hydrogen) atoms. The summed E-state index contributed by atoms with van der Waals surface area (Å²) < 4.78 is 13.6. The predicted molar refractivity (Wildman–Crippen MR) is 102 cm³/mol. The second kappa shape index (κ2) is 9.79. The molecule has 0 saturated carbocycles. The van der Waals surface area contributed by atoms with E-state index in [1.807, 2.05) is 12.1 Å². The Labute approximate surface area is 149 Å². The molecule has 2 aromatic carbocycles. The summed E-state index contributed by atoms with van der Waals surface area (Å²) in [6.45, 7) is 2.26. The Kier molecular flexibility index (Phi) is 7.41. The Morgan fingerprint density at radius 3 is 2.32 bits per heavy atom. The number of nitrogens with one attached hydrogen (secondary N) is 2. The lowest BCUT2D eigenvalue weighted by molar-refractivity contribution is 0.402. The third-order valence-electron chi connectivity index (χ3n) is 3.85. The molecule has 0 fully saturated rings. The highest BCUT2D eigenvalue weighted by atomic mass is 19.1. The van der Waals surface area contributed by atoms with Gasteiger partial charge in [0.05, 0.1) is 0 Å². The summed E-state index contributed by atoms with van der Waals surface area (Å²) in [6, 6.07) is 15.4. The van der Waals surface area contributed by atoms with Crippen LogP contribution >= 0.6 is 0 Å². The van der Waals surface area contributed by atoms with Crippen LogP contribution in [0.2, 0.25) is 0 Å². The van der Waals surface area contributed by atoms with Gasteiger partial charge in [-0.15, -0.1) is 0 Å². The molecule has 0 radical (unpaired) electrons. The molecule has 0 saturated heterocycles. The van der Waals surface area contributed by atoms with Crippen molar-refractivity contribution in [2.24, 2.45) is 4.99 Å². The van der Waals surface area contributed by atoms with Crippen molar-refractivity contribution in [1.82, 2.24) is 15.5 Å². The standard InChI is InChI=1S/C20H27FN4/c1-22-20(23-13-12-18-6-4-5-7-19(18)21)24-14-16-8-10-17(11-9-16)15-25(2)3/h4-11H,12-15H2,1-3H3,(H2,22,23,24). The maximum absolute atomic E-state index is 13.6. The van der Waals surface area contributed by atoms with E-state index >= 15 is 0 Å². The molecule has 2 rings (SSSR count). The van der Waals surface area contributed by atoms with Gasteiger partial charge in [0, 0.05) is 26.7 Å². The molecule has 0 bridgehead atoms. The number of guanidine groups is 1. The van der Waals surface area contributed by atoms with Crippen LogP contribution in [0.15, 0.2) is 53.5 Å². The Morgan fingerprint density at radius 2 is 1.68 bits per heavy atom. The first-order chi connectivity index (χ1) is 12.1. The van der Waals surface area contributed by atoms with Gasteiger partial charge in [0.15, 0.2) is 5.96 Å². The molecule has 0 aliphatic rings. The average molecular weight is 342 g/mol. The minimum Gasteiger partial charge on any atom is -0.356 e. The van der Waals surface area contributed by atoms with Crippen LogP contribution in [-0.2, 0) is 19.5 Å². The highest BCUT2D eigenvalue weighted by molar-refractivity contribution is 5.79. The molecule has 0 atom stereocenters. The Morgan fingerprint density at radius 1 is 1.00 bits per heavy atom. The summed E-state index contributed by atoms with van der Waals surface area (Å²) >= 11 is 0. The molecule has 0 heterocycles. The zero-order valence-corrected chi connectivity index (χ0v) is 15.2. The molecular weight excluding hydrogens is 315 g/mol. The maximum atomic E-state index is 13.6. The van der Waals surface area contributed by atoms with Gasteiger partial charge in [-0.3, -0.25) is 4.99 Å². The fourth-order valence-electron chi connectivity index (χ4n) is 2.55. The smallest absolute Gasteiger partial charge is 0.191 e. The number of benzene rings is 2. The maximum Gasteiger partial charge on any atom is 0.191 e. The fraction of sp³-hybridized carbons (Fsp3) is 0.350. The summed E-state index contributed by atoms with van der Waals surface area (Å²) in [5, 5.41) is 6.50. The van der Waals surface area contributed by atoms with Gasteiger partial charge in [-0.05, 0) is 43.3 Å². The van der Waals surface area contributed by atoms with E-state index in [-0.39, 0.29) is 5.82 Å². The molecule has 2 N–H and O–H groups in total. The van der Waals surface area contributed by atoms with E-state index in [1.165, 1.54) is 17.2 Å². The third kappa shape index (κ3) is 6.55. The number of aliphatic imine (C=N–C) groups is 1. The minimum absolute atomic E-state index is 0.162. The van der Waals surface area contributed by atoms with E-state index in [0.717, 1.165) is 6.54 Å². The van der Waals surface area contributed by atoms with Crippen molar-refractivity contribution in [1.29, 1.82) is 0 Å². The molecule has 0 aliphatic heterocycles. The van der Waals surface area contributed by atoms with Crippen molar-refractivity contribution < 1.29 is 4.39 Å². The van der Waals surface area contributed by atoms with Gasteiger partial charge in [-0.1, -0.05) is 42.5 Å². The van der Waals surface area contributed by atoms with Gasteiger partial charge in [0.1, 0.15) is 5.82 Å². The van der Waals surface area contributed by atoms with E-state index in [0.29, 0.717) is 31.0 Å². The van der Waals surface area contributed by atoms with Crippen LogP contribution < -0.4 is 10.6 Å². The topological polar surface area (TPSA) is 39.7 Å². The number of hydrogen-bond donors (Lipinski definition) is 2. The molecule has 0 aliphatic carbocycles. The summed E-state index contributed by atoms with van der Waals surface area (Å²) in [5.74, 6) is 0.554. The van der Waals surface area contributed by atoms with Gasteiger partial charge < -0.3 is 15.5 Å². The van der Waals surface area contributed by atoms with Gasteiger partial charge in [-0.2, -0.15) is 0 Å². The quantitative estimate of drug-likeness (QED) is 0.600. The SMILES string of the molecule is CN=C(NCCc1ccccc1F)NCc1ccc(CN(C)C)cc1. The number of hydrogen-bond acceptors (Lipinski definition) is 2. The van der Waals surface area contributed by atoms with Crippen LogP contribution in [0.3, 0.4) is 0 Å². The summed E-state index contributed by atoms with van der Waals surface area (Å²) in [5.41, 5.74) is 3.20. The molecule has 134 valence electrons. The molecule has 0 spiro atoms. The van der Waals surface area contributed by atoms with Gasteiger partial charge in [-0.25, -0.2) is 4.39 Å². The number of rotatable bonds is 7. The van der Waals surface area contributed by atoms with Gasteiger partial charge in [0.25, 0.3) is 0 Å². The second-order valence-electron chi connectivity index (χ2n) is 6.25. The number of halogens is 1. The van der Waals surface area contributed by atoms with E-state index in [9.17, 15) is 4.39 Å². The monoisotopic (exact) mass is 342 g/mol. The first kappa shape index (κ1) is 18.9. The van der Waals surface area contributed by atoms with Gasteiger partial charge in [0.2, 0.25) is 0 Å². The van der Waals surface area contributed by atoms with Crippen molar-refractivity contribution in [3.63, 3.8) is 0 Å². The first-order valence-corrected chi connectivity index (χ1v) is 8.49. The fourth-order valence-corrected chi connectivity index (χ4v) is 2.55. The van der Waals surface area contributed by atoms with Gasteiger partial charge >= 0.3 is 0 Å². The molecule has 4 nitrogen and oxygen atoms in total. The van der Waals surface area contributed by atoms with Crippen LogP contribution in [0, 0.1) is 5.82 Å². The predicted octanol–water partition coefficient (Wildman–Crippen LogP) is 2.80. The van der Waals surface area contributed by atoms with E-state index in [2.05, 4.69) is 58.9 Å². The van der Waals surface area contributed by atoms with Crippen molar-refractivity contribution in [2.45, 2.75) is 19.5 Å². The van der Waals surface area contributed by atoms with Crippen LogP contribution in [0.1, 0.15) is 16.7 Å². The van der Waals surface area contributed by atoms with Crippen molar-refractivity contribution in [2.75, 3.05) is 27.7 Å². The third-order valence-corrected chi connectivity index (χ3v) is 3.85. The molecule has 2 aromatic rings. The number of nitrogens with zero attached hydrogens (tertiary/aromatic N) is 2. The van der Waals surface area contributed by atoms with Crippen LogP contribution in [0.25, 0.3) is 0 Å². The van der Waals surface area contributed by atoms with E-state index < -0.39 is 0 Å². The van der Waals surface area contributed by atoms with E-state index in [4.69, 9.17) is 0 Å². The van der Waals surface area contributed by atoms with Crippen LogP contribution in [0.4, 0.5) is 4.39 Å². The summed E-state index contributed by atoms with van der Waals surface area (Å²) in [7, 11) is 5.86. The Hall–Kier alpha value is -2.40. The lowest BCUT2D eigenvalue weighted by Crippen LogP contribution is -2.37. The normalized spacial score (nSPS) is 11.6. The highest BCUT2D eigenvalue weighted by Crippen LogP contribution is 2.07. The molecular formula is C20H27FN4. The summed E-state index contributed by atoms with van der Waals surface area (Å²) in [4.78, 5) is 6.36.